The smallest absolute Gasteiger partial charge is 0.191 e. The van der Waals surface area contributed by atoms with Gasteiger partial charge in [0.25, 0.3) is 0 Å². The van der Waals surface area contributed by atoms with Crippen molar-refractivity contribution in [3.05, 3.63) is 30.3 Å². The van der Waals surface area contributed by atoms with Crippen molar-refractivity contribution in [2.24, 2.45) is 10.9 Å². The summed E-state index contributed by atoms with van der Waals surface area (Å²) in [5.74, 6) is 1.18. The minimum absolute atomic E-state index is 0.0334. The Hall–Kier alpha value is -1.60. The maximum absolute atomic E-state index is 12.5. The Bertz CT molecular complexity index is 631. The highest BCUT2D eigenvalue weighted by Crippen LogP contribution is 2.12. The first-order chi connectivity index (χ1) is 12.4. The zero-order chi connectivity index (χ0) is 19.4. The van der Waals surface area contributed by atoms with Gasteiger partial charge in [-0.1, -0.05) is 39.0 Å². The number of hydrogen-bond donors (Lipinski definition) is 2. The third-order valence-corrected chi connectivity index (χ3v) is 5.62. The van der Waals surface area contributed by atoms with Crippen LogP contribution >= 0.6 is 0 Å². The normalized spacial score (nSPS) is 13.7. The zero-order valence-electron chi connectivity index (χ0n) is 16.4. The molecule has 0 aliphatic rings. The van der Waals surface area contributed by atoms with Crippen LogP contribution in [0.5, 0.6) is 0 Å². The molecule has 148 valence electrons. The Balaban J connectivity index is 2.47. The summed E-state index contributed by atoms with van der Waals surface area (Å²) in [5.41, 5.74) is 0. The number of aliphatic imine (C=N–C) groups is 1. The average Bonchev–Trinajstić information content (AvgIpc) is 2.63. The first kappa shape index (κ1) is 22.4. The molecule has 0 saturated heterocycles. The van der Waals surface area contributed by atoms with Crippen molar-refractivity contribution < 1.29 is 13.2 Å². The number of sulfone groups is 1. The van der Waals surface area contributed by atoms with E-state index in [1.54, 1.807) is 31.3 Å². The zero-order valence-corrected chi connectivity index (χ0v) is 17.2. The van der Waals surface area contributed by atoms with E-state index in [0.717, 1.165) is 19.6 Å². The van der Waals surface area contributed by atoms with Crippen LogP contribution in [0.3, 0.4) is 0 Å². The average molecular weight is 384 g/mol. The number of ether oxygens (including phenoxy) is 1. The molecule has 1 atom stereocenters. The van der Waals surface area contributed by atoms with Crippen molar-refractivity contribution in [2.75, 3.05) is 32.6 Å². The van der Waals surface area contributed by atoms with Crippen LogP contribution in [0.25, 0.3) is 0 Å². The standard InChI is InChI=1S/C19H33N3O3S/c1-5-17(15-26(23,24)18-10-7-6-8-11-18)22-19(20-4)21-12-9-13-25-14-16(2)3/h6-8,10-11,16-17H,5,9,12-15H2,1-4H3,(H2,20,21,22). The van der Waals surface area contributed by atoms with Crippen LogP contribution in [0.4, 0.5) is 0 Å². The fraction of sp³-hybridized carbons (Fsp3) is 0.632. The van der Waals surface area contributed by atoms with Gasteiger partial charge >= 0.3 is 0 Å². The summed E-state index contributed by atoms with van der Waals surface area (Å²) in [7, 11) is -1.65. The number of rotatable bonds is 11. The summed E-state index contributed by atoms with van der Waals surface area (Å²) in [4.78, 5) is 4.54. The van der Waals surface area contributed by atoms with Gasteiger partial charge in [-0.15, -0.1) is 0 Å². The van der Waals surface area contributed by atoms with E-state index in [1.165, 1.54) is 0 Å². The highest BCUT2D eigenvalue weighted by molar-refractivity contribution is 7.91. The number of benzene rings is 1. The quantitative estimate of drug-likeness (QED) is 0.349. The Kier molecular flexibility index (Phi) is 10.3. The Morgan fingerprint density at radius 3 is 2.50 bits per heavy atom. The van der Waals surface area contributed by atoms with E-state index < -0.39 is 9.84 Å². The van der Waals surface area contributed by atoms with Gasteiger partial charge in [0, 0.05) is 32.8 Å². The molecule has 1 rings (SSSR count). The maximum atomic E-state index is 12.5. The second-order valence-corrected chi connectivity index (χ2v) is 8.70. The molecule has 0 spiro atoms. The summed E-state index contributed by atoms with van der Waals surface area (Å²) in [6.07, 6.45) is 1.55. The first-order valence-electron chi connectivity index (χ1n) is 9.21. The molecule has 0 aromatic heterocycles. The summed E-state index contributed by atoms with van der Waals surface area (Å²) in [6, 6.07) is 8.35. The van der Waals surface area contributed by atoms with Gasteiger partial charge in [-0.2, -0.15) is 0 Å². The van der Waals surface area contributed by atoms with Gasteiger partial charge in [-0.3, -0.25) is 4.99 Å². The summed E-state index contributed by atoms with van der Waals surface area (Å²) >= 11 is 0. The Morgan fingerprint density at radius 2 is 1.92 bits per heavy atom. The highest BCUT2D eigenvalue weighted by atomic mass is 32.2. The summed E-state index contributed by atoms with van der Waals surface area (Å²) in [5, 5.41) is 6.42. The van der Waals surface area contributed by atoms with Crippen LogP contribution in [0, 0.1) is 5.92 Å². The van der Waals surface area contributed by atoms with E-state index in [0.29, 0.717) is 29.8 Å². The Morgan fingerprint density at radius 1 is 1.23 bits per heavy atom. The lowest BCUT2D eigenvalue weighted by molar-refractivity contribution is 0.108. The molecule has 1 aromatic rings. The molecule has 1 aromatic carbocycles. The molecule has 0 bridgehead atoms. The fourth-order valence-electron chi connectivity index (χ4n) is 2.34. The van der Waals surface area contributed by atoms with Gasteiger partial charge in [0.1, 0.15) is 0 Å². The van der Waals surface area contributed by atoms with Crippen LogP contribution in [0.15, 0.2) is 40.2 Å². The molecule has 0 amide bonds. The third kappa shape index (κ3) is 8.67. The van der Waals surface area contributed by atoms with E-state index >= 15 is 0 Å². The Labute approximate surface area is 158 Å². The molecular formula is C19H33N3O3S. The molecule has 6 nitrogen and oxygen atoms in total. The van der Waals surface area contributed by atoms with Crippen LogP contribution in [0.2, 0.25) is 0 Å². The molecule has 0 radical (unpaired) electrons. The first-order valence-corrected chi connectivity index (χ1v) is 10.9. The van der Waals surface area contributed by atoms with Crippen molar-refractivity contribution in [3.8, 4) is 0 Å². The second-order valence-electron chi connectivity index (χ2n) is 6.67. The topological polar surface area (TPSA) is 79.8 Å². The number of nitrogens with zero attached hydrogens (tertiary/aromatic N) is 1. The largest absolute Gasteiger partial charge is 0.381 e. The van der Waals surface area contributed by atoms with Gasteiger partial charge < -0.3 is 15.4 Å². The van der Waals surface area contributed by atoms with Crippen molar-refractivity contribution in [1.82, 2.24) is 10.6 Å². The molecule has 7 heteroatoms. The summed E-state index contributed by atoms with van der Waals surface area (Å²) in [6.45, 7) is 8.39. The van der Waals surface area contributed by atoms with Gasteiger partial charge in [-0.25, -0.2) is 8.42 Å². The van der Waals surface area contributed by atoms with Crippen molar-refractivity contribution >= 4 is 15.8 Å². The lowest BCUT2D eigenvalue weighted by Gasteiger charge is -2.20. The molecule has 0 fully saturated rings. The van der Waals surface area contributed by atoms with Crippen molar-refractivity contribution in [2.45, 2.75) is 44.6 Å². The lowest BCUT2D eigenvalue weighted by atomic mass is 10.2. The minimum atomic E-state index is -3.33. The van der Waals surface area contributed by atoms with Gasteiger partial charge in [0.15, 0.2) is 15.8 Å². The van der Waals surface area contributed by atoms with Crippen LogP contribution < -0.4 is 10.6 Å². The molecule has 0 aliphatic heterocycles. The van der Waals surface area contributed by atoms with E-state index in [4.69, 9.17) is 4.74 Å². The van der Waals surface area contributed by atoms with Crippen LogP contribution in [0.1, 0.15) is 33.6 Å². The van der Waals surface area contributed by atoms with Gasteiger partial charge in [0.2, 0.25) is 0 Å². The molecular weight excluding hydrogens is 350 g/mol. The van der Waals surface area contributed by atoms with E-state index in [-0.39, 0.29) is 11.8 Å². The van der Waals surface area contributed by atoms with Crippen molar-refractivity contribution in [3.63, 3.8) is 0 Å². The van der Waals surface area contributed by atoms with Gasteiger partial charge in [0.05, 0.1) is 10.6 Å². The fourth-order valence-corrected chi connectivity index (χ4v) is 3.95. The molecule has 2 N–H and O–H groups in total. The minimum Gasteiger partial charge on any atom is -0.381 e. The van der Waals surface area contributed by atoms with E-state index in [9.17, 15) is 8.42 Å². The van der Waals surface area contributed by atoms with E-state index in [2.05, 4.69) is 29.5 Å². The van der Waals surface area contributed by atoms with Crippen LogP contribution in [-0.4, -0.2) is 53.0 Å². The number of guanidine groups is 1. The SMILES string of the molecule is CCC(CS(=O)(=O)c1ccccc1)NC(=NC)NCCCOCC(C)C. The van der Waals surface area contributed by atoms with Gasteiger partial charge in [-0.05, 0) is 30.9 Å². The molecule has 0 saturated carbocycles. The number of nitrogens with one attached hydrogen (secondary N) is 2. The van der Waals surface area contributed by atoms with Crippen molar-refractivity contribution in [1.29, 1.82) is 0 Å². The number of hydrogen-bond acceptors (Lipinski definition) is 4. The van der Waals surface area contributed by atoms with Crippen LogP contribution in [-0.2, 0) is 14.6 Å². The maximum Gasteiger partial charge on any atom is 0.191 e. The molecule has 0 heterocycles. The second kappa shape index (κ2) is 11.9. The third-order valence-electron chi connectivity index (χ3n) is 3.79. The molecule has 0 aliphatic carbocycles. The predicted octanol–water partition coefficient (Wildman–Crippen LogP) is 2.47. The van der Waals surface area contributed by atoms with E-state index in [1.807, 2.05) is 13.0 Å². The highest BCUT2D eigenvalue weighted by Gasteiger charge is 2.20. The molecule has 1 unspecified atom stereocenters. The lowest BCUT2D eigenvalue weighted by Crippen LogP contribution is -2.46. The monoisotopic (exact) mass is 383 g/mol. The predicted molar refractivity (Wildman–Crippen MR) is 107 cm³/mol. The summed E-state index contributed by atoms with van der Waals surface area (Å²) < 4.78 is 30.6. The molecule has 26 heavy (non-hydrogen) atoms.